The van der Waals surface area contributed by atoms with Crippen molar-refractivity contribution in [3.8, 4) is 0 Å². The number of aliphatic hydroxyl groups excluding tert-OH is 1. The van der Waals surface area contributed by atoms with Gasteiger partial charge in [0.15, 0.2) is 0 Å². The van der Waals surface area contributed by atoms with E-state index < -0.39 is 0 Å². The number of rotatable bonds is 2. The third-order valence-corrected chi connectivity index (χ3v) is 4.83. The molecule has 2 unspecified atom stereocenters. The summed E-state index contributed by atoms with van der Waals surface area (Å²) < 4.78 is 0. The van der Waals surface area contributed by atoms with Gasteiger partial charge in [0, 0.05) is 5.54 Å². The second-order valence-corrected chi connectivity index (χ2v) is 6.24. The van der Waals surface area contributed by atoms with Gasteiger partial charge in [-0.1, -0.05) is 0 Å². The monoisotopic (exact) mass is 215 g/mol. The van der Waals surface area contributed by atoms with Gasteiger partial charge >= 0.3 is 0 Å². The molecule has 0 saturated carbocycles. The van der Waals surface area contributed by atoms with Crippen LogP contribution in [-0.2, 0) is 0 Å². The van der Waals surface area contributed by atoms with E-state index in [-0.39, 0.29) is 12.1 Å². The maximum Gasteiger partial charge on any atom is 0.0610 e. The Morgan fingerprint density at radius 2 is 2.07 bits per heavy atom. The number of hydrogen-bond donors (Lipinski definition) is 2. The summed E-state index contributed by atoms with van der Waals surface area (Å²) in [5.74, 6) is 4.42. The van der Waals surface area contributed by atoms with Crippen LogP contribution in [0.3, 0.4) is 0 Å². The lowest BCUT2D eigenvalue weighted by Gasteiger charge is -2.27. The van der Waals surface area contributed by atoms with Crippen molar-refractivity contribution in [2.24, 2.45) is 11.8 Å². The second kappa shape index (κ2) is 4.42. The first-order valence-corrected chi connectivity index (χ1v) is 6.83. The summed E-state index contributed by atoms with van der Waals surface area (Å²) in [6.07, 6.45) is 3.94. The molecule has 2 nitrogen and oxygen atoms in total. The Balaban J connectivity index is 1.88. The standard InChI is InChI=1S/C11H21NOS/c1-11(8-13)6-10(7-12-11)9-2-4-14-5-3-9/h9-10,12-13H,2-8H2,1H3. The van der Waals surface area contributed by atoms with E-state index >= 15 is 0 Å². The molecular weight excluding hydrogens is 194 g/mol. The Morgan fingerprint density at radius 3 is 2.64 bits per heavy atom. The molecule has 2 fully saturated rings. The number of hydrogen-bond acceptors (Lipinski definition) is 3. The van der Waals surface area contributed by atoms with E-state index in [1.54, 1.807) is 0 Å². The van der Waals surface area contributed by atoms with Crippen LogP contribution in [0.4, 0.5) is 0 Å². The van der Waals surface area contributed by atoms with Crippen molar-refractivity contribution in [3.63, 3.8) is 0 Å². The van der Waals surface area contributed by atoms with Gasteiger partial charge < -0.3 is 10.4 Å². The van der Waals surface area contributed by atoms with E-state index in [9.17, 15) is 5.11 Å². The molecular formula is C11H21NOS. The molecule has 0 spiro atoms. The predicted octanol–water partition coefficient (Wildman–Crippen LogP) is 1.49. The van der Waals surface area contributed by atoms with Crippen molar-refractivity contribution in [1.29, 1.82) is 0 Å². The fraction of sp³-hybridized carbons (Fsp3) is 1.00. The molecule has 82 valence electrons. The van der Waals surface area contributed by atoms with Gasteiger partial charge in [-0.25, -0.2) is 0 Å². The number of nitrogens with one attached hydrogen (secondary N) is 1. The smallest absolute Gasteiger partial charge is 0.0610 e. The second-order valence-electron chi connectivity index (χ2n) is 5.01. The number of thioether (sulfide) groups is 1. The van der Waals surface area contributed by atoms with E-state index in [4.69, 9.17) is 0 Å². The van der Waals surface area contributed by atoms with Gasteiger partial charge in [0.25, 0.3) is 0 Å². The molecule has 2 aliphatic rings. The largest absolute Gasteiger partial charge is 0.394 e. The van der Waals surface area contributed by atoms with Crippen LogP contribution in [0.15, 0.2) is 0 Å². The average Bonchev–Trinajstić information content (AvgIpc) is 2.63. The molecule has 0 bridgehead atoms. The Bertz CT molecular complexity index is 194. The van der Waals surface area contributed by atoms with E-state index in [1.165, 1.54) is 30.8 Å². The lowest BCUT2D eigenvalue weighted by Crippen LogP contribution is -2.39. The Morgan fingerprint density at radius 1 is 1.36 bits per heavy atom. The van der Waals surface area contributed by atoms with Crippen LogP contribution < -0.4 is 5.32 Å². The van der Waals surface area contributed by atoms with Crippen LogP contribution in [0, 0.1) is 11.8 Å². The molecule has 2 atom stereocenters. The summed E-state index contributed by atoms with van der Waals surface area (Å²) in [4.78, 5) is 0. The Kier molecular flexibility index (Phi) is 3.40. The highest BCUT2D eigenvalue weighted by Crippen LogP contribution is 2.36. The third kappa shape index (κ3) is 2.26. The molecule has 0 aliphatic carbocycles. The van der Waals surface area contributed by atoms with Crippen molar-refractivity contribution >= 4 is 11.8 Å². The van der Waals surface area contributed by atoms with Crippen LogP contribution in [0.2, 0.25) is 0 Å². The summed E-state index contributed by atoms with van der Waals surface area (Å²) in [5.41, 5.74) is 0.00918. The molecule has 2 aliphatic heterocycles. The minimum Gasteiger partial charge on any atom is -0.394 e. The zero-order valence-electron chi connectivity index (χ0n) is 8.96. The lowest BCUT2D eigenvalue weighted by atomic mass is 9.83. The van der Waals surface area contributed by atoms with Crippen LogP contribution in [0.5, 0.6) is 0 Å². The van der Waals surface area contributed by atoms with Gasteiger partial charge in [0.05, 0.1) is 6.61 Å². The topological polar surface area (TPSA) is 32.3 Å². The van der Waals surface area contributed by atoms with Crippen molar-refractivity contribution in [2.75, 3.05) is 24.7 Å². The molecule has 0 aromatic carbocycles. The average molecular weight is 215 g/mol. The molecule has 3 heteroatoms. The van der Waals surface area contributed by atoms with Crippen molar-refractivity contribution in [2.45, 2.75) is 31.7 Å². The number of aliphatic hydroxyl groups is 1. The highest BCUT2D eigenvalue weighted by Gasteiger charge is 2.37. The molecule has 14 heavy (non-hydrogen) atoms. The fourth-order valence-electron chi connectivity index (χ4n) is 2.74. The summed E-state index contributed by atoms with van der Waals surface area (Å²) >= 11 is 2.09. The highest BCUT2D eigenvalue weighted by atomic mass is 32.2. The maximum atomic E-state index is 9.27. The molecule has 2 rings (SSSR count). The molecule has 0 aromatic heterocycles. The fourth-order valence-corrected chi connectivity index (χ4v) is 3.88. The zero-order chi connectivity index (χ0) is 10.0. The quantitative estimate of drug-likeness (QED) is 0.732. The van der Waals surface area contributed by atoms with Crippen LogP contribution in [-0.4, -0.2) is 35.3 Å². The minimum absolute atomic E-state index is 0.00918. The van der Waals surface area contributed by atoms with Gasteiger partial charge in [-0.3, -0.25) is 0 Å². The van der Waals surface area contributed by atoms with E-state index in [2.05, 4.69) is 24.0 Å². The third-order valence-electron chi connectivity index (χ3n) is 3.79. The van der Waals surface area contributed by atoms with Gasteiger partial charge in [-0.15, -0.1) is 0 Å². The minimum atomic E-state index is 0.00918. The summed E-state index contributed by atoms with van der Waals surface area (Å²) in [7, 11) is 0. The van der Waals surface area contributed by atoms with Crippen LogP contribution in [0.1, 0.15) is 26.2 Å². The SMILES string of the molecule is CC1(CO)CC(C2CCSCC2)CN1. The maximum absolute atomic E-state index is 9.27. The van der Waals surface area contributed by atoms with Crippen LogP contribution in [0.25, 0.3) is 0 Å². The van der Waals surface area contributed by atoms with Gasteiger partial charge in [0.2, 0.25) is 0 Å². The molecule has 0 radical (unpaired) electrons. The van der Waals surface area contributed by atoms with Crippen molar-refractivity contribution in [3.05, 3.63) is 0 Å². The van der Waals surface area contributed by atoms with Crippen LogP contribution >= 0.6 is 11.8 Å². The first kappa shape index (κ1) is 10.8. The molecule has 2 heterocycles. The zero-order valence-corrected chi connectivity index (χ0v) is 9.78. The van der Waals surface area contributed by atoms with E-state index in [0.29, 0.717) is 0 Å². The Hall–Kier alpha value is 0.270. The van der Waals surface area contributed by atoms with Gasteiger partial charge in [-0.2, -0.15) is 11.8 Å². The van der Waals surface area contributed by atoms with Gasteiger partial charge in [-0.05, 0) is 56.1 Å². The van der Waals surface area contributed by atoms with Crippen molar-refractivity contribution in [1.82, 2.24) is 5.32 Å². The normalized spacial score (nSPS) is 40.3. The summed E-state index contributed by atoms with van der Waals surface area (Å²) in [6.45, 7) is 3.54. The van der Waals surface area contributed by atoms with E-state index in [1.807, 2.05) is 0 Å². The van der Waals surface area contributed by atoms with Gasteiger partial charge in [0.1, 0.15) is 0 Å². The first-order chi connectivity index (χ1) is 6.73. The predicted molar refractivity (Wildman–Crippen MR) is 61.6 cm³/mol. The summed E-state index contributed by atoms with van der Waals surface area (Å²) in [6, 6.07) is 0. The summed E-state index contributed by atoms with van der Waals surface area (Å²) in [5, 5.41) is 12.7. The molecule has 2 N–H and O–H groups in total. The molecule has 0 aromatic rings. The van der Waals surface area contributed by atoms with Crippen molar-refractivity contribution < 1.29 is 5.11 Å². The lowest BCUT2D eigenvalue weighted by molar-refractivity contribution is 0.184. The first-order valence-electron chi connectivity index (χ1n) is 5.67. The Labute approximate surface area is 90.8 Å². The van der Waals surface area contributed by atoms with E-state index in [0.717, 1.165) is 18.4 Å². The highest BCUT2D eigenvalue weighted by molar-refractivity contribution is 7.99. The molecule has 0 amide bonds. The molecule has 2 saturated heterocycles.